The summed E-state index contributed by atoms with van der Waals surface area (Å²) in [5, 5.41) is 3.11. The predicted octanol–water partition coefficient (Wildman–Crippen LogP) is 2.46. The molecule has 1 atom stereocenters. The van der Waals surface area contributed by atoms with E-state index in [0.29, 0.717) is 31.5 Å². The molecule has 5 nitrogen and oxygen atoms in total. The number of rotatable bonds is 5. The van der Waals surface area contributed by atoms with Gasteiger partial charge in [-0.3, -0.25) is 0 Å². The molecule has 110 valence electrons. The first-order valence-electron chi connectivity index (χ1n) is 6.89. The molecule has 0 fully saturated rings. The summed E-state index contributed by atoms with van der Waals surface area (Å²) >= 11 is 0. The maximum Gasteiger partial charge on any atom is 0.328 e. The Kier molecular flexibility index (Phi) is 4.71. The Morgan fingerprint density at radius 2 is 1.95 bits per heavy atom. The minimum Gasteiger partial charge on any atom is -0.486 e. The first-order valence-corrected chi connectivity index (χ1v) is 6.89. The first kappa shape index (κ1) is 14.5. The number of anilines is 1. The van der Waals surface area contributed by atoms with Gasteiger partial charge in [0, 0.05) is 11.8 Å². The molecule has 0 bridgehead atoms. The van der Waals surface area contributed by atoms with Crippen LogP contribution in [0.3, 0.4) is 0 Å². The Morgan fingerprint density at radius 3 is 2.65 bits per heavy atom. The second-order valence-corrected chi connectivity index (χ2v) is 5.25. The van der Waals surface area contributed by atoms with Crippen LogP contribution in [-0.4, -0.2) is 31.8 Å². The molecule has 1 aromatic rings. The molecule has 1 heterocycles. The van der Waals surface area contributed by atoms with Crippen molar-refractivity contribution in [2.24, 2.45) is 5.92 Å². The van der Waals surface area contributed by atoms with Crippen molar-refractivity contribution in [2.75, 3.05) is 25.1 Å². The van der Waals surface area contributed by atoms with Crippen molar-refractivity contribution in [1.82, 2.24) is 0 Å². The highest BCUT2D eigenvalue weighted by Crippen LogP contribution is 2.32. The SMILES string of the molecule is CC(C)COC(=O)[C@H](C)Nc1ccc2c(c1)OCCO2. The average molecular weight is 279 g/mol. The van der Waals surface area contributed by atoms with Crippen LogP contribution in [0.25, 0.3) is 0 Å². The van der Waals surface area contributed by atoms with Gasteiger partial charge in [-0.15, -0.1) is 0 Å². The minimum absolute atomic E-state index is 0.256. The summed E-state index contributed by atoms with van der Waals surface area (Å²) in [6.45, 7) is 7.34. The maximum absolute atomic E-state index is 11.8. The average Bonchev–Trinajstić information content (AvgIpc) is 2.44. The van der Waals surface area contributed by atoms with Crippen molar-refractivity contribution in [1.29, 1.82) is 0 Å². The Bertz CT molecular complexity index is 473. The zero-order valence-corrected chi connectivity index (χ0v) is 12.1. The van der Waals surface area contributed by atoms with Gasteiger partial charge in [0.05, 0.1) is 6.61 Å². The van der Waals surface area contributed by atoms with Gasteiger partial charge in [0.15, 0.2) is 11.5 Å². The Hall–Kier alpha value is -1.91. The molecule has 0 radical (unpaired) electrons. The molecule has 5 heteroatoms. The molecule has 0 unspecified atom stereocenters. The van der Waals surface area contributed by atoms with Gasteiger partial charge in [-0.1, -0.05) is 13.8 Å². The minimum atomic E-state index is -0.406. The maximum atomic E-state index is 11.8. The molecule has 1 aliphatic rings. The van der Waals surface area contributed by atoms with Crippen LogP contribution in [0.15, 0.2) is 18.2 Å². The standard InChI is InChI=1S/C15H21NO4/c1-10(2)9-20-15(17)11(3)16-12-4-5-13-14(8-12)19-7-6-18-13/h4-5,8,10-11,16H,6-7,9H2,1-3H3/t11-/m0/s1. The van der Waals surface area contributed by atoms with Crippen molar-refractivity contribution < 1.29 is 19.0 Å². The Morgan fingerprint density at radius 1 is 1.25 bits per heavy atom. The van der Waals surface area contributed by atoms with Gasteiger partial charge in [-0.2, -0.15) is 0 Å². The highest BCUT2D eigenvalue weighted by Gasteiger charge is 2.17. The monoisotopic (exact) mass is 279 g/mol. The number of carbonyl (C=O) groups is 1. The molecular weight excluding hydrogens is 258 g/mol. The second kappa shape index (κ2) is 6.50. The smallest absolute Gasteiger partial charge is 0.328 e. The van der Waals surface area contributed by atoms with Gasteiger partial charge in [-0.25, -0.2) is 4.79 Å². The lowest BCUT2D eigenvalue weighted by atomic mass is 10.2. The van der Waals surface area contributed by atoms with Crippen LogP contribution in [0.5, 0.6) is 11.5 Å². The number of hydrogen-bond donors (Lipinski definition) is 1. The van der Waals surface area contributed by atoms with Gasteiger partial charge >= 0.3 is 5.97 Å². The second-order valence-electron chi connectivity index (χ2n) is 5.25. The zero-order valence-electron chi connectivity index (χ0n) is 12.1. The molecule has 2 rings (SSSR count). The topological polar surface area (TPSA) is 56.8 Å². The number of ether oxygens (including phenoxy) is 3. The van der Waals surface area contributed by atoms with Crippen molar-refractivity contribution in [3.8, 4) is 11.5 Å². The summed E-state index contributed by atoms with van der Waals surface area (Å²) < 4.78 is 16.1. The number of carbonyl (C=O) groups excluding carboxylic acids is 1. The van der Waals surface area contributed by atoms with Gasteiger partial charge in [0.2, 0.25) is 0 Å². The quantitative estimate of drug-likeness (QED) is 0.839. The van der Waals surface area contributed by atoms with Crippen LogP contribution in [0.1, 0.15) is 20.8 Å². The Labute approximate surface area is 119 Å². The van der Waals surface area contributed by atoms with Crippen LogP contribution in [0.4, 0.5) is 5.69 Å². The third kappa shape index (κ3) is 3.79. The van der Waals surface area contributed by atoms with E-state index in [1.165, 1.54) is 0 Å². The molecule has 1 aliphatic heterocycles. The van der Waals surface area contributed by atoms with Crippen molar-refractivity contribution in [3.05, 3.63) is 18.2 Å². The molecule has 0 saturated carbocycles. The van der Waals surface area contributed by atoms with Crippen LogP contribution >= 0.6 is 0 Å². The van der Waals surface area contributed by atoms with Crippen LogP contribution in [0.2, 0.25) is 0 Å². The number of esters is 1. The summed E-state index contributed by atoms with van der Waals surface area (Å²) in [7, 11) is 0. The van der Waals surface area contributed by atoms with Gasteiger partial charge in [-0.05, 0) is 25.0 Å². The van der Waals surface area contributed by atoms with E-state index in [9.17, 15) is 4.79 Å². The molecule has 0 aromatic heterocycles. The molecule has 0 amide bonds. The van der Waals surface area contributed by atoms with Gasteiger partial charge in [0.1, 0.15) is 19.3 Å². The predicted molar refractivity (Wildman–Crippen MR) is 76.3 cm³/mol. The van der Waals surface area contributed by atoms with Gasteiger partial charge < -0.3 is 19.5 Å². The fourth-order valence-electron chi connectivity index (χ4n) is 1.82. The zero-order chi connectivity index (χ0) is 14.5. The van der Waals surface area contributed by atoms with E-state index in [1.54, 1.807) is 6.92 Å². The normalized spacial score (nSPS) is 14.8. The number of nitrogens with one attached hydrogen (secondary N) is 1. The summed E-state index contributed by atoms with van der Waals surface area (Å²) in [5.41, 5.74) is 0.809. The lowest BCUT2D eigenvalue weighted by molar-refractivity contribution is -0.145. The lowest BCUT2D eigenvalue weighted by Gasteiger charge is -2.20. The van der Waals surface area contributed by atoms with E-state index in [-0.39, 0.29) is 5.97 Å². The summed E-state index contributed by atoms with van der Waals surface area (Å²) in [4.78, 5) is 11.8. The third-order valence-corrected chi connectivity index (χ3v) is 2.84. The first-order chi connectivity index (χ1) is 9.56. The van der Waals surface area contributed by atoms with Crippen molar-refractivity contribution >= 4 is 11.7 Å². The summed E-state index contributed by atoms with van der Waals surface area (Å²) in [6, 6.07) is 5.13. The summed E-state index contributed by atoms with van der Waals surface area (Å²) in [5.74, 6) is 1.51. The Balaban J connectivity index is 1.93. The van der Waals surface area contributed by atoms with Gasteiger partial charge in [0.25, 0.3) is 0 Å². The van der Waals surface area contributed by atoms with E-state index in [0.717, 1.165) is 11.4 Å². The van der Waals surface area contributed by atoms with E-state index < -0.39 is 6.04 Å². The van der Waals surface area contributed by atoms with E-state index in [4.69, 9.17) is 14.2 Å². The molecule has 0 aliphatic carbocycles. The lowest BCUT2D eigenvalue weighted by Crippen LogP contribution is -2.29. The fraction of sp³-hybridized carbons (Fsp3) is 0.533. The molecule has 0 saturated heterocycles. The van der Waals surface area contributed by atoms with Crippen LogP contribution in [-0.2, 0) is 9.53 Å². The molecule has 0 spiro atoms. The van der Waals surface area contributed by atoms with Crippen molar-refractivity contribution in [3.63, 3.8) is 0 Å². The fourth-order valence-corrected chi connectivity index (χ4v) is 1.82. The van der Waals surface area contributed by atoms with E-state index >= 15 is 0 Å². The number of fused-ring (bicyclic) bond motifs is 1. The van der Waals surface area contributed by atoms with Crippen LogP contribution in [0, 0.1) is 5.92 Å². The summed E-state index contributed by atoms with van der Waals surface area (Å²) in [6.07, 6.45) is 0. The molecular formula is C15H21NO4. The molecule has 1 N–H and O–H groups in total. The van der Waals surface area contributed by atoms with E-state index in [1.807, 2.05) is 32.0 Å². The molecule has 1 aromatic carbocycles. The molecule has 20 heavy (non-hydrogen) atoms. The highest BCUT2D eigenvalue weighted by molar-refractivity contribution is 5.79. The highest BCUT2D eigenvalue weighted by atomic mass is 16.6. The van der Waals surface area contributed by atoms with Crippen LogP contribution < -0.4 is 14.8 Å². The van der Waals surface area contributed by atoms with E-state index in [2.05, 4.69) is 5.32 Å². The number of benzene rings is 1. The third-order valence-electron chi connectivity index (χ3n) is 2.84. The number of hydrogen-bond acceptors (Lipinski definition) is 5. The largest absolute Gasteiger partial charge is 0.486 e. The van der Waals surface area contributed by atoms with Crippen molar-refractivity contribution in [2.45, 2.75) is 26.8 Å².